The van der Waals surface area contributed by atoms with E-state index >= 15 is 0 Å². The van der Waals surface area contributed by atoms with Crippen LogP contribution in [0, 0.1) is 20.8 Å². The highest BCUT2D eigenvalue weighted by molar-refractivity contribution is 5.82. The molecule has 0 aliphatic carbocycles. The molecule has 128 valence electrons. The van der Waals surface area contributed by atoms with Crippen molar-refractivity contribution < 1.29 is 4.42 Å². The summed E-state index contributed by atoms with van der Waals surface area (Å²) < 4.78 is 6.27. The molecule has 0 saturated carbocycles. The number of aromatic nitrogens is 1. The molecule has 4 rings (SSSR count). The van der Waals surface area contributed by atoms with Gasteiger partial charge in [-0.25, -0.2) is 4.98 Å². The average Bonchev–Trinajstić information content (AvgIpc) is 3.07. The summed E-state index contributed by atoms with van der Waals surface area (Å²) in [6.07, 6.45) is 0. The minimum Gasteiger partial charge on any atom is -0.435 e. The third kappa shape index (κ3) is 2.95. The predicted octanol–water partition coefficient (Wildman–Crippen LogP) is 6.60. The molecular weight excluding hydrogens is 318 g/mol. The van der Waals surface area contributed by atoms with Crippen LogP contribution in [0.4, 0.5) is 0 Å². The molecule has 0 bridgehead atoms. The van der Waals surface area contributed by atoms with E-state index in [4.69, 9.17) is 9.40 Å². The summed E-state index contributed by atoms with van der Waals surface area (Å²) in [5, 5.41) is 0. The monoisotopic (exact) mass is 339 g/mol. The third-order valence-electron chi connectivity index (χ3n) is 4.60. The van der Waals surface area contributed by atoms with Gasteiger partial charge in [0.2, 0.25) is 5.89 Å². The van der Waals surface area contributed by atoms with Crippen LogP contribution in [-0.2, 0) is 0 Å². The summed E-state index contributed by atoms with van der Waals surface area (Å²) >= 11 is 0. The van der Waals surface area contributed by atoms with Gasteiger partial charge in [-0.3, -0.25) is 0 Å². The van der Waals surface area contributed by atoms with Crippen molar-refractivity contribution in [2.45, 2.75) is 20.8 Å². The maximum absolute atomic E-state index is 6.27. The molecule has 3 aromatic carbocycles. The molecule has 0 aliphatic rings. The lowest BCUT2D eigenvalue weighted by Gasteiger charge is -2.10. The number of hydrogen-bond donors (Lipinski definition) is 0. The Balaban J connectivity index is 1.98. The molecule has 0 aliphatic heterocycles. The van der Waals surface area contributed by atoms with Crippen LogP contribution < -0.4 is 0 Å². The molecule has 0 atom stereocenters. The molecule has 0 amide bonds. The highest BCUT2D eigenvalue weighted by Gasteiger charge is 2.20. The van der Waals surface area contributed by atoms with Crippen LogP contribution in [-0.4, -0.2) is 4.98 Å². The highest BCUT2D eigenvalue weighted by atomic mass is 16.4. The van der Waals surface area contributed by atoms with Crippen molar-refractivity contribution in [2.75, 3.05) is 0 Å². The first-order chi connectivity index (χ1) is 12.6. The first kappa shape index (κ1) is 16.3. The van der Waals surface area contributed by atoms with Crippen molar-refractivity contribution in [1.82, 2.24) is 4.98 Å². The molecule has 0 unspecified atom stereocenters. The molecule has 4 aromatic rings. The predicted molar refractivity (Wildman–Crippen MR) is 107 cm³/mol. The van der Waals surface area contributed by atoms with Crippen LogP contribution >= 0.6 is 0 Å². The zero-order valence-corrected chi connectivity index (χ0v) is 15.3. The molecule has 0 radical (unpaired) electrons. The van der Waals surface area contributed by atoms with Crippen LogP contribution in [0.3, 0.4) is 0 Å². The van der Waals surface area contributed by atoms with Crippen LogP contribution in [0.15, 0.2) is 77.2 Å². The van der Waals surface area contributed by atoms with E-state index in [-0.39, 0.29) is 0 Å². The van der Waals surface area contributed by atoms with Gasteiger partial charge in [0.25, 0.3) is 0 Å². The minimum absolute atomic E-state index is 0.652. The van der Waals surface area contributed by atoms with Crippen molar-refractivity contribution in [1.29, 1.82) is 0 Å². The van der Waals surface area contributed by atoms with E-state index in [1.165, 1.54) is 16.7 Å². The Morgan fingerprint density at radius 2 is 1.23 bits per heavy atom. The highest BCUT2D eigenvalue weighted by Crippen LogP contribution is 2.38. The lowest BCUT2D eigenvalue weighted by atomic mass is 9.95. The van der Waals surface area contributed by atoms with Gasteiger partial charge in [0.15, 0.2) is 5.76 Å². The molecule has 2 heteroatoms. The van der Waals surface area contributed by atoms with E-state index in [1.54, 1.807) is 0 Å². The molecule has 1 aromatic heterocycles. The van der Waals surface area contributed by atoms with Gasteiger partial charge in [-0.1, -0.05) is 66.2 Å². The second-order valence-electron chi connectivity index (χ2n) is 6.70. The van der Waals surface area contributed by atoms with E-state index in [0.717, 1.165) is 28.1 Å². The molecule has 0 N–H and O–H groups in total. The lowest BCUT2D eigenvalue weighted by molar-refractivity contribution is 0.589. The summed E-state index contributed by atoms with van der Waals surface area (Å²) in [5.74, 6) is 1.47. The molecule has 26 heavy (non-hydrogen) atoms. The molecule has 0 spiro atoms. The summed E-state index contributed by atoms with van der Waals surface area (Å²) in [4.78, 5) is 4.91. The summed E-state index contributed by atoms with van der Waals surface area (Å²) in [7, 11) is 0. The Bertz CT molecular complexity index is 1020. The van der Waals surface area contributed by atoms with Crippen LogP contribution in [0.2, 0.25) is 0 Å². The van der Waals surface area contributed by atoms with Gasteiger partial charge in [0.1, 0.15) is 5.69 Å². The second-order valence-corrected chi connectivity index (χ2v) is 6.70. The summed E-state index contributed by atoms with van der Waals surface area (Å²) in [5.41, 5.74) is 7.78. The van der Waals surface area contributed by atoms with Crippen LogP contribution in [0.5, 0.6) is 0 Å². The van der Waals surface area contributed by atoms with Crippen molar-refractivity contribution in [3.05, 3.63) is 89.5 Å². The van der Waals surface area contributed by atoms with Gasteiger partial charge >= 0.3 is 0 Å². The molecule has 2 nitrogen and oxygen atoms in total. The van der Waals surface area contributed by atoms with E-state index in [9.17, 15) is 0 Å². The molecule has 0 saturated heterocycles. The summed E-state index contributed by atoms with van der Waals surface area (Å²) in [6, 6.07) is 24.7. The molecule has 1 heterocycles. The number of aryl methyl sites for hydroxylation is 3. The van der Waals surface area contributed by atoms with Crippen LogP contribution in [0.25, 0.3) is 34.0 Å². The van der Waals surface area contributed by atoms with Crippen molar-refractivity contribution in [3.63, 3.8) is 0 Å². The van der Waals surface area contributed by atoms with Crippen molar-refractivity contribution >= 4 is 0 Å². The average molecular weight is 339 g/mol. The fourth-order valence-electron chi connectivity index (χ4n) is 3.53. The Labute approximate surface area is 154 Å². The number of hydrogen-bond acceptors (Lipinski definition) is 2. The number of oxazole rings is 1. The van der Waals surface area contributed by atoms with E-state index in [1.807, 2.05) is 48.5 Å². The van der Waals surface area contributed by atoms with Gasteiger partial charge in [-0.05, 0) is 44.0 Å². The SMILES string of the molecule is Cc1cc(C)c(-c2nc(-c3ccccc3)oc2-c2ccccc2)c(C)c1. The Hall–Kier alpha value is -3.13. The Morgan fingerprint density at radius 1 is 0.692 bits per heavy atom. The standard InChI is InChI=1S/C24H21NO/c1-16-14-17(2)21(18(3)15-16)22-23(19-10-6-4-7-11-19)26-24(25-22)20-12-8-5-9-13-20/h4-15H,1-3H3. The van der Waals surface area contributed by atoms with Crippen molar-refractivity contribution in [3.8, 4) is 34.0 Å². The quantitative estimate of drug-likeness (QED) is 0.420. The van der Waals surface area contributed by atoms with Crippen molar-refractivity contribution in [2.24, 2.45) is 0 Å². The van der Waals surface area contributed by atoms with Crippen LogP contribution in [0.1, 0.15) is 16.7 Å². The van der Waals surface area contributed by atoms with Gasteiger partial charge in [-0.2, -0.15) is 0 Å². The first-order valence-corrected chi connectivity index (χ1v) is 8.83. The maximum atomic E-state index is 6.27. The molecular formula is C24H21NO. The number of nitrogens with zero attached hydrogens (tertiary/aromatic N) is 1. The number of benzene rings is 3. The Morgan fingerprint density at radius 3 is 1.81 bits per heavy atom. The van der Waals surface area contributed by atoms with Gasteiger partial charge in [-0.15, -0.1) is 0 Å². The molecule has 0 fully saturated rings. The van der Waals surface area contributed by atoms with Gasteiger partial charge < -0.3 is 4.42 Å². The van der Waals surface area contributed by atoms with E-state index < -0.39 is 0 Å². The van der Waals surface area contributed by atoms with Gasteiger partial charge in [0.05, 0.1) is 0 Å². The zero-order valence-electron chi connectivity index (χ0n) is 15.3. The minimum atomic E-state index is 0.652. The first-order valence-electron chi connectivity index (χ1n) is 8.83. The smallest absolute Gasteiger partial charge is 0.227 e. The second kappa shape index (κ2) is 6.64. The summed E-state index contributed by atoms with van der Waals surface area (Å²) in [6.45, 7) is 6.40. The topological polar surface area (TPSA) is 26.0 Å². The third-order valence-corrected chi connectivity index (χ3v) is 4.60. The lowest BCUT2D eigenvalue weighted by Crippen LogP contribution is -1.92. The largest absolute Gasteiger partial charge is 0.435 e. The Kier molecular flexibility index (Phi) is 4.18. The maximum Gasteiger partial charge on any atom is 0.227 e. The zero-order chi connectivity index (χ0) is 18.1. The van der Waals surface area contributed by atoms with E-state index in [0.29, 0.717) is 5.89 Å². The number of rotatable bonds is 3. The fourth-order valence-corrected chi connectivity index (χ4v) is 3.53. The fraction of sp³-hybridized carbons (Fsp3) is 0.125. The van der Waals surface area contributed by atoms with Gasteiger partial charge in [0, 0.05) is 16.7 Å². The van der Waals surface area contributed by atoms with E-state index in [2.05, 4.69) is 45.0 Å². The normalized spacial score (nSPS) is 10.9.